The highest BCUT2D eigenvalue weighted by molar-refractivity contribution is 6.32. The Hall–Kier alpha value is -3.55. The number of piperidine rings is 1. The number of hydrogen-bond donors (Lipinski definition) is 3. The summed E-state index contributed by atoms with van der Waals surface area (Å²) in [4.78, 5) is 11.3. The number of benzene rings is 2. The van der Waals surface area contributed by atoms with Crippen molar-refractivity contribution < 1.29 is 9.84 Å². The van der Waals surface area contributed by atoms with E-state index in [1.54, 1.807) is 18.3 Å². The molecule has 1 aliphatic rings. The molecule has 1 fully saturated rings. The van der Waals surface area contributed by atoms with Crippen LogP contribution in [-0.4, -0.2) is 41.3 Å². The van der Waals surface area contributed by atoms with Gasteiger partial charge in [-0.2, -0.15) is 0 Å². The highest BCUT2D eigenvalue weighted by Gasteiger charge is 2.18. The predicted molar refractivity (Wildman–Crippen MR) is 136 cm³/mol. The molecule has 1 atom stereocenters. The highest BCUT2D eigenvalue weighted by atomic mass is 35.5. The Morgan fingerprint density at radius 2 is 2.06 bits per heavy atom. The van der Waals surface area contributed by atoms with Crippen molar-refractivity contribution in [2.75, 3.05) is 30.4 Å². The number of pyridine rings is 2. The number of nitrogens with one attached hydrogen (secondary N) is 1. The predicted octanol–water partition coefficient (Wildman–Crippen LogP) is 5.14. The molecule has 4 N–H and O–H groups in total. The largest absolute Gasteiger partial charge is 0.503 e. The van der Waals surface area contributed by atoms with Crippen LogP contribution in [0.2, 0.25) is 5.02 Å². The minimum atomic E-state index is -0.0754. The number of nitrogens with two attached hydrogens (primary N) is 1. The lowest BCUT2D eigenvalue weighted by molar-refractivity contribution is 0.374. The molecule has 1 unspecified atom stereocenters. The number of hydrogen-bond acceptors (Lipinski definition) is 7. The molecule has 2 aromatic carbocycles. The molecule has 0 bridgehead atoms. The molecule has 4 aromatic rings. The van der Waals surface area contributed by atoms with Crippen molar-refractivity contribution in [1.29, 1.82) is 0 Å². The van der Waals surface area contributed by atoms with Crippen LogP contribution in [0.1, 0.15) is 12.8 Å². The van der Waals surface area contributed by atoms with Crippen molar-refractivity contribution in [1.82, 2.24) is 9.97 Å². The summed E-state index contributed by atoms with van der Waals surface area (Å²) in [6.45, 7) is 1.81. The van der Waals surface area contributed by atoms with E-state index in [1.165, 1.54) is 7.11 Å². The molecule has 7 nitrogen and oxygen atoms in total. The molecule has 173 valence electrons. The van der Waals surface area contributed by atoms with Crippen LogP contribution in [0.25, 0.3) is 22.0 Å². The minimum absolute atomic E-state index is 0.0754. The maximum absolute atomic E-state index is 10.1. The van der Waals surface area contributed by atoms with Gasteiger partial charge in [0.05, 0.1) is 35.2 Å². The molecular formula is C26H25ClN5O2. The molecule has 34 heavy (non-hydrogen) atoms. The quantitative estimate of drug-likeness (QED) is 0.368. The smallest absolute Gasteiger partial charge is 0.176 e. The lowest BCUT2D eigenvalue weighted by Crippen LogP contribution is -2.43. The second-order valence-corrected chi connectivity index (χ2v) is 8.80. The third-order valence-corrected chi connectivity index (χ3v) is 6.35. The number of phenolic OH excluding ortho intramolecular Hbond substituents is 1. The van der Waals surface area contributed by atoms with Crippen LogP contribution in [0, 0.1) is 6.07 Å². The minimum Gasteiger partial charge on any atom is -0.503 e. The van der Waals surface area contributed by atoms with Crippen molar-refractivity contribution >= 4 is 39.7 Å². The topological polar surface area (TPSA) is 96.5 Å². The Morgan fingerprint density at radius 1 is 1.18 bits per heavy atom. The fourth-order valence-corrected chi connectivity index (χ4v) is 4.49. The molecule has 0 spiro atoms. The van der Waals surface area contributed by atoms with Crippen molar-refractivity contribution in [2.45, 2.75) is 18.9 Å². The first-order chi connectivity index (χ1) is 16.5. The van der Waals surface area contributed by atoms with Gasteiger partial charge in [-0.05, 0) is 60.4 Å². The standard InChI is InChI=1S/C26H25ClN5O2/c1-34-24-13-17(12-21(27)26(24)33)16-4-6-22-20(11-16)23(8-9-29-22)31-19-5-7-25(30-14-19)32-10-2-3-18(28)15-32/h4-7,9,11-14,18,33H,2-3,10,15,28H2,1H3,(H,29,31). The summed E-state index contributed by atoms with van der Waals surface area (Å²) in [7, 11) is 1.50. The molecule has 0 aliphatic carbocycles. The number of rotatable bonds is 5. The van der Waals surface area contributed by atoms with Crippen LogP contribution in [0.4, 0.5) is 17.2 Å². The molecule has 1 saturated heterocycles. The average molecular weight is 475 g/mol. The number of aromatic hydroxyl groups is 1. The monoisotopic (exact) mass is 474 g/mol. The van der Waals surface area contributed by atoms with Gasteiger partial charge in [-0.15, -0.1) is 0 Å². The lowest BCUT2D eigenvalue weighted by Gasteiger charge is -2.31. The first-order valence-corrected chi connectivity index (χ1v) is 11.5. The second kappa shape index (κ2) is 9.37. The van der Waals surface area contributed by atoms with Gasteiger partial charge in [0.15, 0.2) is 11.5 Å². The summed E-state index contributed by atoms with van der Waals surface area (Å²) in [6.07, 6.45) is 5.62. The molecule has 1 aliphatic heterocycles. The van der Waals surface area contributed by atoms with E-state index in [0.717, 1.165) is 65.2 Å². The van der Waals surface area contributed by atoms with Gasteiger partial charge < -0.3 is 25.8 Å². The Labute approximate surface area is 203 Å². The number of methoxy groups -OCH3 is 1. The molecule has 2 aromatic heterocycles. The highest BCUT2D eigenvalue weighted by Crippen LogP contribution is 2.39. The summed E-state index contributed by atoms with van der Waals surface area (Å²) in [5, 5.41) is 14.6. The van der Waals surface area contributed by atoms with Crippen LogP contribution in [0.3, 0.4) is 0 Å². The zero-order valence-corrected chi connectivity index (χ0v) is 19.5. The Balaban J connectivity index is 1.45. The summed E-state index contributed by atoms with van der Waals surface area (Å²) in [6, 6.07) is 16.8. The van der Waals surface area contributed by atoms with Crippen LogP contribution >= 0.6 is 11.6 Å². The van der Waals surface area contributed by atoms with Gasteiger partial charge in [0.1, 0.15) is 5.82 Å². The van der Waals surface area contributed by atoms with Crippen LogP contribution < -0.4 is 20.7 Å². The van der Waals surface area contributed by atoms with E-state index in [2.05, 4.69) is 26.3 Å². The first kappa shape index (κ1) is 22.3. The first-order valence-electron chi connectivity index (χ1n) is 11.1. The Kier molecular flexibility index (Phi) is 6.13. The Bertz CT molecular complexity index is 1330. The van der Waals surface area contributed by atoms with E-state index in [4.69, 9.17) is 22.1 Å². The SMILES string of the molecule is COc1cc(-c2ccc3nc[c]c(Nc4ccc(N5CCCC(N)C5)nc4)c3c2)cc(Cl)c1O. The van der Waals surface area contributed by atoms with E-state index in [-0.39, 0.29) is 16.8 Å². The average Bonchev–Trinajstić information content (AvgIpc) is 2.86. The maximum atomic E-state index is 10.1. The van der Waals surface area contributed by atoms with Crippen LogP contribution in [0.15, 0.2) is 54.9 Å². The summed E-state index contributed by atoms with van der Waals surface area (Å²) < 4.78 is 5.25. The van der Waals surface area contributed by atoms with Crippen LogP contribution in [0.5, 0.6) is 11.5 Å². The van der Waals surface area contributed by atoms with Crippen molar-refractivity contribution in [2.24, 2.45) is 5.73 Å². The van der Waals surface area contributed by atoms with E-state index in [0.29, 0.717) is 5.75 Å². The van der Waals surface area contributed by atoms with Gasteiger partial charge in [0, 0.05) is 36.8 Å². The number of anilines is 3. The molecule has 0 saturated carbocycles. The zero-order valence-electron chi connectivity index (χ0n) is 18.8. The van der Waals surface area contributed by atoms with Crippen molar-refractivity contribution in [3.05, 3.63) is 65.9 Å². The summed E-state index contributed by atoms with van der Waals surface area (Å²) >= 11 is 6.20. The zero-order chi connectivity index (χ0) is 23.7. The fraction of sp³-hybridized carbons (Fsp3) is 0.231. The van der Waals surface area contributed by atoms with Gasteiger partial charge in [-0.25, -0.2) is 4.98 Å². The normalized spacial score (nSPS) is 16.0. The van der Waals surface area contributed by atoms with Gasteiger partial charge in [-0.3, -0.25) is 4.98 Å². The number of phenols is 1. The molecule has 0 amide bonds. The number of fused-ring (bicyclic) bond motifs is 1. The van der Waals surface area contributed by atoms with Crippen molar-refractivity contribution in [3.8, 4) is 22.6 Å². The molecule has 1 radical (unpaired) electrons. The van der Waals surface area contributed by atoms with Gasteiger partial charge in [0.2, 0.25) is 0 Å². The van der Waals surface area contributed by atoms with Crippen LogP contribution in [-0.2, 0) is 0 Å². The number of halogens is 1. The molecule has 5 rings (SSSR count). The summed E-state index contributed by atoms with van der Waals surface area (Å²) in [5.74, 6) is 1.18. The van der Waals surface area contributed by atoms with Gasteiger partial charge >= 0.3 is 0 Å². The maximum Gasteiger partial charge on any atom is 0.176 e. The number of nitrogens with zero attached hydrogens (tertiary/aromatic N) is 3. The fourth-order valence-electron chi connectivity index (χ4n) is 4.28. The number of ether oxygens (including phenoxy) is 1. The second-order valence-electron chi connectivity index (χ2n) is 8.40. The lowest BCUT2D eigenvalue weighted by atomic mass is 10.0. The summed E-state index contributed by atoms with van der Waals surface area (Å²) in [5.41, 5.74) is 10.3. The van der Waals surface area contributed by atoms with E-state index < -0.39 is 0 Å². The molecule has 8 heteroatoms. The third-order valence-electron chi connectivity index (χ3n) is 6.06. The number of aromatic nitrogens is 2. The Morgan fingerprint density at radius 3 is 2.82 bits per heavy atom. The van der Waals surface area contributed by atoms with Crippen molar-refractivity contribution in [3.63, 3.8) is 0 Å². The van der Waals surface area contributed by atoms with E-state index in [1.807, 2.05) is 36.5 Å². The molecular weight excluding hydrogens is 450 g/mol. The van der Waals surface area contributed by atoms with Gasteiger partial charge in [-0.1, -0.05) is 17.7 Å². The third kappa shape index (κ3) is 4.44. The molecule has 3 heterocycles. The van der Waals surface area contributed by atoms with E-state index >= 15 is 0 Å². The van der Waals surface area contributed by atoms with E-state index in [9.17, 15) is 5.11 Å². The van der Waals surface area contributed by atoms with Gasteiger partial charge in [0.25, 0.3) is 0 Å².